The zero-order chi connectivity index (χ0) is 18.4. The van der Waals surface area contributed by atoms with Gasteiger partial charge in [0, 0.05) is 24.7 Å². The lowest BCUT2D eigenvalue weighted by atomic mass is 10.2. The van der Waals surface area contributed by atoms with Gasteiger partial charge in [0.15, 0.2) is 5.82 Å². The van der Waals surface area contributed by atoms with Gasteiger partial charge in [0.05, 0.1) is 6.20 Å². The summed E-state index contributed by atoms with van der Waals surface area (Å²) in [6.45, 7) is 5.25. The highest BCUT2D eigenvalue weighted by molar-refractivity contribution is 5.42. The summed E-state index contributed by atoms with van der Waals surface area (Å²) >= 11 is 0. The van der Waals surface area contributed by atoms with Gasteiger partial charge in [0.2, 0.25) is 5.95 Å². The topological polar surface area (TPSA) is 53.9 Å². The molecule has 0 aliphatic rings. The van der Waals surface area contributed by atoms with Gasteiger partial charge in [0.25, 0.3) is 0 Å². The van der Waals surface area contributed by atoms with Crippen molar-refractivity contribution in [2.75, 3.05) is 10.2 Å². The molecule has 2 aromatic carbocycles. The fraction of sp³-hybridized carbons (Fsp3) is 0.250. The normalized spacial score (nSPS) is 10.8. The van der Waals surface area contributed by atoms with Gasteiger partial charge in [-0.2, -0.15) is 10.1 Å². The summed E-state index contributed by atoms with van der Waals surface area (Å²) in [6, 6.07) is 17.1. The Kier molecular flexibility index (Phi) is 5.73. The van der Waals surface area contributed by atoms with Gasteiger partial charge in [-0.15, -0.1) is 5.10 Å². The van der Waals surface area contributed by atoms with Crippen molar-refractivity contribution in [3.63, 3.8) is 0 Å². The van der Waals surface area contributed by atoms with Crippen molar-refractivity contribution in [2.45, 2.75) is 33.0 Å². The van der Waals surface area contributed by atoms with Crippen LogP contribution in [0.4, 0.5) is 16.2 Å². The number of hydrogen-bond acceptors (Lipinski definition) is 5. The van der Waals surface area contributed by atoms with Crippen molar-refractivity contribution in [3.8, 4) is 0 Å². The molecular weight excluding hydrogens is 329 g/mol. The smallest absolute Gasteiger partial charge is 0.244 e. The van der Waals surface area contributed by atoms with Crippen LogP contribution in [0, 0.1) is 5.82 Å². The molecule has 0 fully saturated rings. The SMILES string of the molecule is CC(C)N(Cc1ccccc1)c1cnnc(NCc2ccccc2F)n1. The molecule has 1 heterocycles. The maximum atomic E-state index is 13.7. The molecule has 0 saturated heterocycles. The third-order valence-corrected chi connectivity index (χ3v) is 4.05. The van der Waals surface area contributed by atoms with Crippen LogP contribution < -0.4 is 10.2 Å². The summed E-state index contributed by atoms with van der Waals surface area (Å²) in [4.78, 5) is 6.71. The van der Waals surface area contributed by atoms with E-state index in [4.69, 9.17) is 0 Å². The van der Waals surface area contributed by atoms with Crippen LogP contribution in [0.1, 0.15) is 25.0 Å². The quantitative estimate of drug-likeness (QED) is 0.696. The first-order chi connectivity index (χ1) is 12.6. The number of hydrogen-bond donors (Lipinski definition) is 1. The zero-order valence-corrected chi connectivity index (χ0v) is 14.9. The summed E-state index contributed by atoms with van der Waals surface area (Å²) < 4.78 is 13.7. The van der Waals surface area contributed by atoms with E-state index in [9.17, 15) is 4.39 Å². The molecule has 0 spiro atoms. The second-order valence-corrected chi connectivity index (χ2v) is 6.29. The molecule has 0 aliphatic carbocycles. The molecule has 6 heteroatoms. The molecule has 134 valence electrons. The molecule has 1 N–H and O–H groups in total. The van der Waals surface area contributed by atoms with E-state index in [2.05, 4.69) is 51.4 Å². The third kappa shape index (κ3) is 4.53. The average Bonchev–Trinajstić information content (AvgIpc) is 2.66. The summed E-state index contributed by atoms with van der Waals surface area (Å²) in [5, 5.41) is 11.1. The van der Waals surface area contributed by atoms with Gasteiger partial charge in [-0.3, -0.25) is 0 Å². The lowest BCUT2D eigenvalue weighted by Gasteiger charge is -2.27. The van der Waals surface area contributed by atoms with Crippen molar-refractivity contribution in [2.24, 2.45) is 0 Å². The van der Waals surface area contributed by atoms with E-state index in [0.29, 0.717) is 18.1 Å². The van der Waals surface area contributed by atoms with Crippen molar-refractivity contribution in [3.05, 3.63) is 77.7 Å². The fourth-order valence-corrected chi connectivity index (χ4v) is 2.63. The van der Waals surface area contributed by atoms with Crippen LogP contribution in [-0.4, -0.2) is 21.2 Å². The van der Waals surface area contributed by atoms with Gasteiger partial charge in [0.1, 0.15) is 5.82 Å². The summed E-state index contributed by atoms with van der Waals surface area (Å²) in [5.74, 6) is 0.858. The highest BCUT2D eigenvalue weighted by Gasteiger charge is 2.14. The van der Waals surface area contributed by atoms with Crippen LogP contribution in [0.2, 0.25) is 0 Å². The number of nitrogens with one attached hydrogen (secondary N) is 1. The predicted molar refractivity (Wildman–Crippen MR) is 101 cm³/mol. The van der Waals surface area contributed by atoms with Crippen molar-refractivity contribution < 1.29 is 4.39 Å². The Morgan fingerprint density at radius 1 is 1.04 bits per heavy atom. The molecule has 0 atom stereocenters. The first kappa shape index (κ1) is 17.8. The number of benzene rings is 2. The lowest BCUT2D eigenvalue weighted by Crippen LogP contribution is -2.31. The van der Waals surface area contributed by atoms with Crippen molar-refractivity contribution in [1.82, 2.24) is 15.2 Å². The Hall–Kier alpha value is -3.02. The third-order valence-electron chi connectivity index (χ3n) is 4.05. The minimum Gasteiger partial charge on any atom is -0.349 e. The van der Waals surface area contributed by atoms with E-state index in [1.165, 1.54) is 11.6 Å². The molecule has 0 unspecified atom stereocenters. The Bertz CT molecular complexity index is 838. The Morgan fingerprint density at radius 3 is 2.50 bits per heavy atom. The van der Waals surface area contributed by atoms with Gasteiger partial charge < -0.3 is 10.2 Å². The highest BCUT2D eigenvalue weighted by Crippen LogP contribution is 2.18. The zero-order valence-electron chi connectivity index (χ0n) is 14.9. The van der Waals surface area contributed by atoms with Crippen LogP contribution >= 0.6 is 0 Å². The Labute approximate surface area is 152 Å². The number of halogens is 1. The second-order valence-electron chi connectivity index (χ2n) is 6.29. The Balaban J connectivity index is 1.75. The van der Waals surface area contributed by atoms with Crippen LogP contribution in [0.5, 0.6) is 0 Å². The van der Waals surface area contributed by atoms with Gasteiger partial charge >= 0.3 is 0 Å². The minimum atomic E-state index is -0.253. The molecule has 26 heavy (non-hydrogen) atoms. The molecule has 0 saturated carbocycles. The van der Waals surface area contributed by atoms with Gasteiger partial charge in [-0.05, 0) is 25.5 Å². The van der Waals surface area contributed by atoms with Gasteiger partial charge in [-0.25, -0.2) is 4.39 Å². The average molecular weight is 351 g/mol. The molecule has 3 aromatic rings. The molecule has 0 radical (unpaired) electrons. The van der Waals surface area contributed by atoms with E-state index >= 15 is 0 Å². The van der Waals surface area contributed by atoms with Gasteiger partial charge in [-0.1, -0.05) is 48.5 Å². The maximum Gasteiger partial charge on any atom is 0.244 e. The summed E-state index contributed by atoms with van der Waals surface area (Å²) in [6.07, 6.45) is 1.65. The monoisotopic (exact) mass is 351 g/mol. The van der Waals surface area contributed by atoms with E-state index in [1.54, 1.807) is 24.4 Å². The number of anilines is 2. The van der Waals surface area contributed by atoms with E-state index in [0.717, 1.165) is 12.4 Å². The molecule has 0 amide bonds. The van der Waals surface area contributed by atoms with Crippen LogP contribution in [-0.2, 0) is 13.1 Å². The molecule has 0 bridgehead atoms. The van der Waals surface area contributed by atoms with Crippen LogP contribution in [0.15, 0.2) is 60.8 Å². The molecule has 5 nitrogen and oxygen atoms in total. The Morgan fingerprint density at radius 2 is 1.77 bits per heavy atom. The van der Waals surface area contributed by atoms with E-state index in [1.807, 2.05) is 18.2 Å². The highest BCUT2D eigenvalue weighted by atomic mass is 19.1. The maximum absolute atomic E-state index is 13.7. The standard InChI is InChI=1S/C20H22FN5/c1-15(2)26(14-16-8-4-3-5-9-16)19-13-23-25-20(24-19)22-12-17-10-6-7-11-18(17)21/h3-11,13,15H,12,14H2,1-2H3,(H,22,24,25). The first-order valence-corrected chi connectivity index (χ1v) is 8.61. The molecule has 3 rings (SSSR count). The number of nitrogens with zero attached hydrogens (tertiary/aromatic N) is 4. The minimum absolute atomic E-state index is 0.242. The van der Waals surface area contributed by atoms with Crippen molar-refractivity contribution in [1.29, 1.82) is 0 Å². The molecule has 1 aromatic heterocycles. The summed E-state index contributed by atoms with van der Waals surface area (Å²) in [7, 11) is 0. The second kappa shape index (κ2) is 8.38. The number of rotatable bonds is 7. The molecule has 0 aliphatic heterocycles. The van der Waals surface area contributed by atoms with E-state index in [-0.39, 0.29) is 11.9 Å². The summed E-state index contributed by atoms with van der Waals surface area (Å²) in [5.41, 5.74) is 1.76. The predicted octanol–water partition coefficient (Wildman–Crippen LogP) is 4.04. The van der Waals surface area contributed by atoms with Crippen LogP contribution in [0.25, 0.3) is 0 Å². The first-order valence-electron chi connectivity index (χ1n) is 8.61. The fourth-order valence-electron chi connectivity index (χ4n) is 2.63. The largest absolute Gasteiger partial charge is 0.349 e. The number of aromatic nitrogens is 3. The lowest BCUT2D eigenvalue weighted by molar-refractivity contribution is 0.612. The van der Waals surface area contributed by atoms with Crippen LogP contribution in [0.3, 0.4) is 0 Å². The van der Waals surface area contributed by atoms with E-state index < -0.39 is 0 Å². The molecular formula is C20H22FN5. The van der Waals surface area contributed by atoms with Crippen molar-refractivity contribution >= 4 is 11.8 Å².